The fraction of sp³-hybridized carbons (Fsp3) is 0.273. The number of halogens is 5. The van der Waals surface area contributed by atoms with Gasteiger partial charge in [-0.25, -0.2) is 14.1 Å². The largest absolute Gasteiger partial charge is 0.420 e. The van der Waals surface area contributed by atoms with Gasteiger partial charge < -0.3 is 21.1 Å². The Hall–Kier alpha value is -3.71. The van der Waals surface area contributed by atoms with Crippen LogP contribution >= 0.6 is 11.6 Å². The monoisotopic (exact) mass is 528 g/mol. The van der Waals surface area contributed by atoms with E-state index in [1.165, 1.54) is 37.4 Å². The summed E-state index contributed by atoms with van der Waals surface area (Å²) in [4.78, 5) is 29.8. The maximum Gasteiger partial charge on any atom is 0.420 e. The quantitative estimate of drug-likeness (QED) is 0.305. The van der Waals surface area contributed by atoms with E-state index in [2.05, 4.69) is 10.1 Å². The van der Waals surface area contributed by atoms with Gasteiger partial charge >= 0.3 is 6.18 Å². The summed E-state index contributed by atoms with van der Waals surface area (Å²) in [6.07, 6.45) is -2.90. The number of pyridine rings is 1. The Morgan fingerprint density at radius 2 is 1.86 bits per heavy atom. The van der Waals surface area contributed by atoms with E-state index in [4.69, 9.17) is 17.3 Å². The maximum atomic E-state index is 13.9. The molecule has 0 bridgehead atoms. The number of anilines is 1. The SMILES string of the molecule is CCN(CC(O)(CNC(=O)c1cnn(-c2ccc(F)cc2)c1N)C(F)(F)F)C(=O)c1cccnc1Cl. The number of likely N-dealkylation sites (N-methyl/N-ethyl adjacent to an activating group) is 1. The van der Waals surface area contributed by atoms with Crippen molar-refractivity contribution < 1.29 is 32.3 Å². The highest BCUT2D eigenvalue weighted by atomic mass is 35.5. The molecular formula is C22H21ClF4N6O3. The number of nitrogens with zero attached hydrogens (tertiary/aromatic N) is 4. The molecule has 1 aromatic carbocycles. The number of carbonyl (C=O) groups excluding carboxylic acids is 2. The number of nitrogen functional groups attached to an aromatic ring is 1. The summed E-state index contributed by atoms with van der Waals surface area (Å²) >= 11 is 5.88. The second kappa shape index (κ2) is 10.5. The van der Waals surface area contributed by atoms with Crippen LogP contribution in [0.5, 0.6) is 0 Å². The highest BCUT2D eigenvalue weighted by Gasteiger charge is 2.55. The Balaban J connectivity index is 1.79. The van der Waals surface area contributed by atoms with E-state index >= 15 is 0 Å². The molecule has 14 heteroatoms. The molecule has 192 valence electrons. The number of hydrogen-bond acceptors (Lipinski definition) is 6. The lowest BCUT2D eigenvalue weighted by molar-refractivity contribution is -0.259. The molecule has 0 spiro atoms. The van der Waals surface area contributed by atoms with Crippen molar-refractivity contribution in [2.24, 2.45) is 0 Å². The second-order valence-electron chi connectivity index (χ2n) is 7.70. The molecule has 0 fully saturated rings. The molecule has 1 unspecified atom stereocenters. The van der Waals surface area contributed by atoms with Gasteiger partial charge in [-0.05, 0) is 43.3 Å². The topological polar surface area (TPSA) is 126 Å². The maximum absolute atomic E-state index is 13.9. The summed E-state index contributed by atoms with van der Waals surface area (Å²) in [5.41, 5.74) is 2.30. The molecule has 0 aliphatic rings. The number of nitrogens with two attached hydrogens (primary N) is 1. The van der Waals surface area contributed by atoms with E-state index < -0.39 is 42.5 Å². The van der Waals surface area contributed by atoms with E-state index in [9.17, 15) is 32.3 Å². The molecular weight excluding hydrogens is 508 g/mol. The number of carbonyl (C=O) groups is 2. The lowest BCUT2D eigenvalue weighted by Crippen LogP contribution is -2.60. The van der Waals surface area contributed by atoms with Crippen molar-refractivity contribution in [2.75, 3.05) is 25.4 Å². The molecule has 2 amide bonds. The van der Waals surface area contributed by atoms with Gasteiger partial charge in [0.2, 0.25) is 0 Å². The zero-order valence-corrected chi connectivity index (χ0v) is 19.5. The minimum atomic E-state index is -5.23. The van der Waals surface area contributed by atoms with Crippen molar-refractivity contribution >= 4 is 29.2 Å². The zero-order chi connectivity index (χ0) is 26.7. The first-order chi connectivity index (χ1) is 16.9. The van der Waals surface area contributed by atoms with Gasteiger partial charge in [-0.1, -0.05) is 11.6 Å². The van der Waals surface area contributed by atoms with Gasteiger partial charge in [0.25, 0.3) is 11.8 Å². The van der Waals surface area contributed by atoms with Gasteiger partial charge in [0.05, 0.1) is 30.5 Å². The van der Waals surface area contributed by atoms with Crippen LogP contribution in [0.4, 0.5) is 23.4 Å². The van der Waals surface area contributed by atoms with Crippen LogP contribution in [0.2, 0.25) is 5.15 Å². The predicted octanol–water partition coefficient (Wildman–Crippen LogP) is 2.83. The van der Waals surface area contributed by atoms with Crippen molar-refractivity contribution in [3.05, 3.63) is 70.9 Å². The lowest BCUT2D eigenvalue weighted by Gasteiger charge is -2.35. The first-order valence-corrected chi connectivity index (χ1v) is 10.8. The molecule has 4 N–H and O–H groups in total. The van der Waals surface area contributed by atoms with Crippen LogP contribution in [-0.4, -0.2) is 68.0 Å². The first kappa shape index (κ1) is 26.9. The summed E-state index contributed by atoms with van der Waals surface area (Å²) in [5, 5.41) is 16.2. The predicted molar refractivity (Wildman–Crippen MR) is 122 cm³/mol. The van der Waals surface area contributed by atoms with Gasteiger partial charge in [0.15, 0.2) is 5.60 Å². The van der Waals surface area contributed by atoms with Crippen LogP contribution in [0.3, 0.4) is 0 Å². The molecule has 1 atom stereocenters. The third-order valence-corrected chi connectivity index (χ3v) is 5.60. The van der Waals surface area contributed by atoms with Crippen LogP contribution < -0.4 is 11.1 Å². The molecule has 3 rings (SSSR count). The minimum absolute atomic E-state index is 0.143. The highest BCUT2D eigenvalue weighted by molar-refractivity contribution is 6.32. The van der Waals surface area contributed by atoms with Gasteiger partial charge in [-0.3, -0.25) is 9.59 Å². The first-order valence-electron chi connectivity index (χ1n) is 10.4. The number of rotatable bonds is 8. The Labute approximate surface area is 207 Å². The van der Waals surface area contributed by atoms with Crippen LogP contribution in [-0.2, 0) is 0 Å². The van der Waals surface area contributed by atoms with Gasteiger partial charge in [-0.15, -0.1) is 0 Å². The summed E-state index contributed by atoms with van der Waals surface area (Å²) in [6.45, 7) is -1.27. The third-order valence-electron chi connectivity index (χ3n) is 5.30. The summed E-state index contributed by atoms with van der Waals surface area (Å²) in [5.74, 6) is -2.66. The van der Waals surface area contributed by atoms with E-state index in [1.54, 1.807) is 0 Å². The number of aromatic nitrogens is 3. The number of benzene rings is 1. The average molecular weight is 529 g/mol. The molecule has 0 saturated carbocycles. The van der Waals surface area contributed by atoms with Crippen LogP contribution in [0.1, 0.15) is 27.6 Å². The van der Waals surface area contributed by atoms with Crippen molar-refractivity contribution in [1.82, 2.24) is 25.0 Å². The van der Waals surface area contributed by atoms with Crippen LogP contribution in [0.15, 0.2) is 48.8 Å². The van der Waals surface area contributed by atoms with Gasteiger partial charge in [0.1, 0.15) is 22.4 Å². The Kier molecular flexibility index (Phi) is 7.84. The molecule has 0 radical (unpaired) electrons. The summed E-state index contributed by atoms with van der Waals surface area (Å²) < 4.78 is 55.9. The van der Waals surface area contributed by atoms with Crippen molar-refractivity contribution in [3.63, 3.8) is 0 Å². The summed E-state index contributed by atoms with van der Waals surface area (Å²) in [7, 11) is 0. The standard InChI is InChI=1S/C22H21ClF4N6O3/c1-2-32(20(35)15-4-3-9-29-17(15)23)12-21(36,22(25,26)27)11-30-19(34)16-10-31-33(18(16)28)14-7-5-13(24)6-8-14/h3-10,36H,2,11-12,28H2,1H3,(H,30,34). The molecule has 2 heterocycles. The molecule has 9 nitrogen and oxygen atoms in total. The van der Waals surface area contributed by atoms with Gasteiger partial charge in [0, 0.05) is 12.7 Å². The highest BCUT2D eigenvalue weighted by Crippen LogP contribution is 2.32. The number of hydrogen-bond donors (Lipinski definition) is 3. The van der Waals surface area contributed by atoms with Crippen molar-refractivity contribution in [3.8, 4) is 5.69 Å². The van der Waals surface area contributed by atoms with Crippen molar-refractivity contribution in [1.29, 1.82) is 0 Å². The average Bonchev–Trinajstić information content (AvgIpc) is 3.22. The molecule has 0 aliphatic heterocycles. The third kappa shape index (κ3) is 5.57. The number of nitrogens with one attached hydrogen (secondary N) is 1. The minimum Gasteiger partial charge on any atom is -0.383 e. The molecule has 2 aromatic heterocycles. The van der Waals surface area contributed by atoms with Crippen LogP contribution in [0.25, 0.3) is 5.69 Å². The van der Waals surface area contributed by atoms with E-state index in [0.717, 1.165) is 27.9 Å². The lowest BCUT2D eigenvalue weighted by atomic mass is 10.0. The fourth-order valence-electron chi connectivity index (χ4n) is 3.25. The van der Waals surface area contributed by atoms with E-state index in [0.29, 0.717) is 5.69 Å². The normalized spacial score (nSPS) is 13.2. The smallest absolute Gasteiger partial charge is 0.383 e. The number of amides is 2. The Morgan fingerprint density at radius 3 is 2.44 bits per heavy atom. The summed E-state index contributed by atoms with van der Waals surface area (Å²) in [6, 6.07) is 7.63. The van der Waals surface area contributed by atoms with Gasteiger partial charge in [-0.2, -0.15) is 18.3 Å². The molecule has 0 aliphatic carbocycles. The number of alkyl halides is 3. The Bertz CT molecular complexity index is 1250. The molecule has 0 saturated heterocycles. The zero-order valence-electron chi connectivity index (χ0n) is 18.8. The van der Waals surface area contributed by atoms with E-state index in [1.807, 2.05) is 5.32 Å². The van der Waals surface area contributed by atoms with Crippen molar-refractivity contribution in [2.45, 2.75) is 18.7 Å². The number of aliphatic hydroxyl groups is 1. The second-order valence-corrected chi connectivity index (χ2v) is 8.06. The van der Waals surface area contributed by atoms with Crippen LogP contribution in [0, 0.1) is 5.82 Å². The molecule has 36 heavy (non-hydrogen) atoms. The van der Waals surface area contributed by atoms with E-state index in [-0.39, 0.29) is 28.6 Å². The Morgan fingerprint density at radius 1 is 1.19 bits per heavy atom. The molecule has 3 aromatic rings. The fourth-order valence-corrected chi connectivity index (χ4v) is 3.45.